The number of hydrogen-bond acceptors (Lipinski definition) is 6. The number of benzene rings is 2. The number of amides is 1. The molecule has 4 rings (SSSR count). The molecule has 3 aromatic rings. The van der Waals surface area contributed by atoms with Gasteiger partial charge in [0.1, 0.15) is 0 Å². The Morgan fingerprint density at radius 1 is 1.19 bits per heavy atom. The third-order valence-corrected chi connectivity index (χ3v) is 4.91. The zero-order valence-electron chi connectivity index (χ0n) is 14.5. The molecule has 3 N–H and O–H groups in total. The van der Waals surface area contributed by atoms with Crippen LogP contribution in [-0.2, 0) is 4.74 Å². The third kappa shape index (κ3) is 3.86. The number of halogens is 1. The van der Waals surface area contributed by atoms with Gasteiger partial charge in [0.15, 0.2) is 0 Å². The van der Waals surface area contributed by atoms with Gasteiger partial charge >= 0.3 is 0 Å². The van der Waals surface area contributed by atoms with Crippen LogP contribution in [0, 0.1) is 0 Å². The summed E-state index contributed by atoms with van der Waals surface area (Å²) in [6.45, 7) is 2.74. The number of hydrogen-bond donors (Lipinski definition) is 2. The number of anilines is 3. The maximum absolute atomic E-state index is 12.0. The molecule has 138 valence electrons. The molecule has 0 bridgehead atoms. The summed E-state index contributed by atoms with van der Waals surface area (Å²) >= 11 is 3.44. The lowest BCUT2D eigenvalue weighted by molar-refractivity contribution is 0.0998. The smallest absolute Gasteiger partial charge is 0.250 e. The van der Waals surface area contributed by atoms with Crippen LogP contribution in [0.4, 0.5) is 17.3 Å². The van der Waals surface area contributed by atoms with Crippen LogP contribution in [0.2, 0.25) is 0 Å². The number of carbonyl (C=O) groups excluding carboxylic acids is 1. The normalized spacial score (nSPS) is 14.3. The molecular weight excluding hydrogens is 410 g/mol. The molecule has 2 heterocycles. The van der Waals surface area contributed by atoms with Crippen molar-refractivity contribution >= 4 is 50.1 Å². The van der Waals surface area contributed by atoms with Gasteiger partial charge in [-0.1, -0.05) is 15.9 Å². The van der Waals surface area contributed by atoms with E-state index in [4.69, 9.17) is 10.5 Å². The minimum absolute atomic E-state index is 0.458. The average molecular weight is 428 g/mol. The zero-order chi connectivity index (χ0) is 18.8. The number of primary amides is 1. The van der Waals surface area contributed by atoms with Crippen molar-refractivity contribution in [2.24, 2.45) is 5.73 Å². The third-order valence-electron chi connectivity index (χ3n) is 4.41. The summed E-state index contributed by atoms with van der Waals surface area (Å²) in [7, 11) is 0. The van der Waals surface area contributed by atoms with E-state index in [0.29, 0.717) is 30.4 Å². The summed E-state index contributed by atoms with van der Waals surface area (Å²) in [5.41, 5.74) is 8.43. The van der Waals surface area contributed by atoms with Gasteiger partial charge in [0.25, 0.3) is 5.91 Å². The second kappa shape index (κ2) is 7.50. The van der Waals surface area contributed by atoms with E-state index in [0.717, 1.165) is 34.2 Å². The van der Waals surface area contributed by atoms with E-state index in [-0.39, 0.29) is 0 Å². The van der Waals surface area contributed by atoms with Gasteiger partial charge in [-0.2, -0.15) is 0 Å². The molecule has 1 amide bonds. The van der Waals surface area contributed by atoms with Crippen LogP contribution < -0.4 is 16.0 Å². The second-order valence-electron chi connectivity index (χ2n) is 6.22. The molecule has 0 spiro atoms. The predicted molar refractivity (Wildman–Crippen MR) is 109 cm³/mol. The minimum Gasteiger partial charge on any atom is -0.378 e. The van der Waals surface area contributed by atoms with Crippen LogP contribution >= 0.6 is 15.9 Å². The number of ether oxygens (including phenoxy) is 1. The number of rotatable bonds is 4. The Balaban J connectivity index is 1.63. The number of nitrogens with two attached hydrogens (primary N) is 1. The van der Waals surface area contributed by atoms with Crippen molar-refractivity contribution in [3.05, 3.63) is 52.6 Å². The first-order chi connectivity index (χ1) is 13.1. The van der Waals surface area contributed by atoms with E-state index in [9.17, 15) is 4.79 Å². The highest BCUT2D eigenvalue weighted by Crippen LogP contribution is 2.27. The molecular formula is C19H18BrN5O2. The van der Waals surface area contributed by atoms with Crippen LogP contribution in [0.1, 0.15) is 10.4 Å². The fourth-order valence-corrected chi connectivity index (χ4v) is 3.46. The van der Waals surface area contributed by atoms with Crippen molar-refractivity contribution in [2.45, 2.75) is 0 Å². The molecule has 7 nitrogen and oxygen atoms in total. The monoisotopic (exact) mass is 427 g/mol. The van der Waals surface area contributed by atoms with Crippen LogP contribution in [0.15, 0.2) is 47.1 Å². The van der Waals surface area contributed by atoms with Crippen molar-refractivity contribution < 1.29 is 9.53 Å². The van der Waals surface area contributed by atoms with Crippen LogP contribution in [-0.4, -0.2) is 42.2 Å². The molecule has 8 heteroatoms. The molecule has 1 aliphatic heterocycles. The Labute approximate surface area is 164 Å². The first kappa shape index (κ1) is 17.7. The molecule has 27 heavy (non-hydrogen) atoms. The van der Waals surface area contributed by atoms with Crippen molar-refractivity contribution in [3.8, 4) is 0 Å². The SMILES string of the molecule is NC(=O)c1cc(Nc2ncc3cc(Br)ccc3n2)ccc1N1CCOCC1. The maximum Gasteiger partial charge on any atom is 0.250 e. The number of morpholine rings is 1. The largest absolute Gasteiger partial charge is 0.378 e. The minimum atomic E-state index is -0.468. The average Bonchev–Trinajstić information content (AvgIpc) is 2.68. The topological polar surface area (TPSA) is 93.4 Å². The number of nitrogens with zero attached hydrogens (tertiary/aromatic N) is 3. The summed E-state index contributed by atoms with van der Waals surface area (Å²) in [6, 6.07) is 11.3. The Morgan fingerprint density at radius 3 is 2.78 bits per heavy atom. The summed E-state index contributed by atoms with van der Waals surface area (Å²) in [6.07, 6.45) is 1.76. The van der Waals surface area contributed by atoms with Gasteiger partial charge < -0.3 is 20.7 Å². The van der Waals surface area contributed by atoms with Crippen molar-refractivity contribution in [2.75, 3.05) is 36.5 Å². The molecule has 0 atom stereocenters. The predicted octanol–water partition coefficient (Wildman–Crippen LogP) is 3.07. The van der Waals surface area contributed by atoms with Gasteiger partial charge in [-0.05, 0) is 36.4 Å². The second-order valence-corrected chi connectivity index (χ2v) is 7.13. The highest BCUT2D eigenvalue weighted by atomic mass is 79.9. The van der Waals surface area contributed by atoms with Gasteiger partial charge in [0, 0.05) is 40.5 Å². The van der Waals surface area contributed by atoms with E-state index >= 15 is 0 Å². The van der Waals surface area contributed by atoms with Gasteiger partial charge in [0.05, 0.1) is 24.3 Å². The number of aromatic nitrogens is 2. The number of fused-ring (bicyclic) bond motifs is 1. The molecule has 0 radical (unpaired) electrons. The quantitative estimate of drug-likeness (QED) is 0.664. The fourth-order valence-electron chi connectivity index (χ4n) is 3.08. The molecule has 0 unspecified atom stereocenters. The van der Waals surface area contributed by atoms with Crippen molar-refractivity contribution in [1.82, 2.24) is 9.97 Å². The van der Waals surface area contributed by atoms with Gasteiger partial charge in [0.2, 0.25) is 5.95 Å². The van der Waals surface area contributed by atoms with Crippen LogP contribution in [0.5, 0.6) is 0 Å². The lowest BCUT2D eigenvalue weighted by Crippen LogP contribution is -2.37. The maximum atomic E-state index is 12.0. The Bertz CT molecular complexity index is 1000. The molecule has 1 fully saturated rings. The number of carbonyl (C=O) groups is 1. The summed E-state index contributed by atoms with van der Waals surface area (Å²) in [5.74, 6) is -0.0104. The van der Waals surface area contributed by atoms with Gasteiger partial charge in [-0.25, -0.2) is 9.97 Å². The van der Waals surface area contributed by atoms with Crippen LogP contribution in [0.25, 0.3) is 10.9 Å². The highest BCUT2D eigenvalue weighted by Gasteiger charge is 2.18. The van der Waals surface area contributed by atoms with Crippen LogP contribution in [0.3, 0.4) is 0 Å². The summed E-state index contributed by atoms with van der Waals surface area (Å²) < 4.78 is 6.35. The first-order valence-corrected chi connectivity index (χ1v) is 9.35. The zero-order valence-corrected chi connectivity index (χ0v) is 16.1. The lowest BCUT2D eigenvalue weighted by Gasteiger charge is -2.30. The van der Waals surface area contributed by atoms with Crippen molar-refractivity contribution in [3.63, 3.8) is 0 Å². The van der Waals surface area contributed by atoms with E-state index in [1.807, 2.05) is 30.3 Å². The van der Waals surface area contributed by atoms with E-state index < -0.39 is 5.91 Å². The Kier molecular flexibility index (Phi) is 4.91. The van der Waals surface area contributed by atoms with Gasteiger partial charge in [-0.15, -0.1) is 0 Å². The molecule has 0 aliphatic carbocycles. The van der Waals surface area contributed by atoms with Crippen molar-refractivity contribution in [1.29, 1.82) is 0 Å². The molecule has 2 aromatic carbocycles. The Morgan fingerprint density at radius 2 is 2.00 bits per heavy atom. The highest BCUT2D eigenvalue weighted by molar-refractivity contribution is 9.10. The molecule has 1 aromatic heterocycles. The number of nitrogens with one attached hydrogen (secondary N) is 1. The Hall–Kier alpha value is -2.71. The summed E-state index contributed by atoms with van der Waals surface area (Å²) in [5, 5.41) is 4.09. The molecule has 0 saturated carbocycles. The van der Waals surface area contributed by atoms with E-state index in [1.165, 1.54) is 0 Å². The summed E-state index contributed by atoms with van der Waals surface area (Å²) in [4.78, 5) is 22.9. The first-order valence-electron chi connectivity index (χ1n) is 8.56. The molecule has 1 saturated heterocycles. The fraction of sp³-hybridized carbons (Fsp3) is 0.211. The molecule has 1 aliphatic rings. The van der Waals surface area contributed by atoms with E-state index in [1.54, 1.807) is 12.3 Å². The van der Waals surface area contributed by atoms with E-state index in [2.05, 4.69) is 36.1 Å². The standard InChI is InChI=1S/C19H18BrN5O2/c20-13-1-3-16-12(9-13)11-22-19(24-16)23-14-2-4-17(15(10-14)18(21)26)25-5-7-27-8-6-25/h1-4,9-11H,5-8H2,(H2,21,26)(H,22,23,24). The van der Waals surface area contributed by atoms with Gasteiger partial charge in [-0.3, -0.25) is 4.79 Å². The lowest BCUT2D eigenvalue weighted by atomic mass is 10.1.